The largest absolute Gasteiger partial charge is 0.440 e. The summed E-state index contributed by atoms with van der Waals surface area (Å²) in [6, 6.07) is 5.80. The first-order valence-electron chi connectivity index (χ1n) is 5.45. The second kappa shape index (κ2) is 4.33. The first kappa shape index (κ1) is 11.9. The van der Waals surface area contributed by atoms with Crippen LogP contribution in [0, 0.1) is 5.82 Å². The fourth-order valence-corrected chi connectivity index (χ4v) is 1.98. The van der Waals surface area contributed by atoms with Crippen molar-refractivity contribution in [2.24, 2.45) is 0 Å². The first-order chi connectivity index (χ1) is 8.04. The monoisotopic (exact) mass is 238 g/mol. The molecule has 1 aliphatic heterocycles. The van der Waals surface area contributed by atoms with E-state index in [1.54, 1.807) is 19.2 Å². The number of halogens is 1. The van der Waals surface area contributed by atoms with Crippen LogP contribution in [0.5, 0.6) is 0 Å². The summed E-state index contributed by atoms with van der Waals surface area (Å²) in [6.07, 6.45) is -0.394. The molecule has 0 aromatic heterocycles. The van der Waals surface area contributed by atoms with Gasteiger partial charge in [0, 0.05) is 12.2 Å². The Labute approximate surface area is 99.4 Å². The van der Waals surface area contributed by atoms with Gasteiger partial charge in [-0.3, -0.25) is 4.90 Å². The van der Waals surface area contributed by atoms with Crippen molar-refractivity contribution in [3.8, 4) is 0 Å². The summed E-state index contributed by atoms with van der Waals surface area (Å²) in [5.41, 5.74) is 0.108. The minimum Gasteiger partial charge on any atom is -0.440 e. The zero-order valence-electron chi connectivity index (χ0n) is 9.87. The van der Waals surface area contributed by atoms with Gasteiger partial charge in [0.25, 0.3) is 0 Å². The highest BCUT2D eigenvalue weighted by molar-refractivity contribution is 5.90. The number of likely N-dealkylation sites (N-methyl/N-ethyl adjacent to an activating group) is 1. The third kappa shape index (κ3) is 2.39. The number of ether oxygens (including phenoxy) is 1. The summed E-state index contributed by atoms with van der Waals surface area (Å²) >= 11 is 0. The van der Waals surface area contributed by atoms with E-state index in [9.17, 15) is 9.18 Å². The number of hydrogen-bond acceptors (Lipinski definition) is 3. The molecule has 1 N–H and O–H groups in total. The molecule has 2 rings (SSSR count). The van der Waals surface area contributed by atoms with Crippen LogP contribution in [-0.4, -0.2) is 31.8 Å². The lowest BCUT2D eigenvalue weighted by Crippen LogP contribution is -2.40. The average molecular weight is 238 g/mol. The van der Waals surface area contributed by atoms with E-state index >= 15 is 0 Å². The second-order valence-corrected chi connectivity index (χ2v) is 4.41. The number of benzene rings is 1. The van der Waals surface area contributed by atoms with Crippen molar-refractivity contribution >= 4 is 11.8 Å². The highest BCUT2D eigenvalue weighted by atomic mass is 19.1. The van der Waals surface area contributed by atoms with Gasteiger partial charge in [0.2, 0.25) is 0 Å². The summed E-state index contributed by atoms with van der Waals surface area (Å²) in [6.45, 7) is 2.90. The van der Waals surface area contributed by atoms with Gasteiger partial charge in [0.1, 0.15) is 11.4 Å². The van der Waals surface area contributed by atoms with E-state index in [-0.39, 0.29) is 5.82 Å². The maximum atomic E-state index is 12.8. The van der Waals surface area contributed by atoms with E-state index < -0.39 is 11.7 Å². The Morgan fingerprint density at radius 3 is 2.71 bits per heavy atom. The lowest BCUT2D eigenvalue weighted by molar-refractivity contribution is 0.0734. The quantitative estimate of drug-likeness (QED) is 0.872. The summed E-state index contributed by atoms with van der Waals surface area (Å²) in [5.74, 6) is -0.320. The van der Waals surface area contributed by atoms with Crippen LogP contribution in [0.4, 0.5) is 14.9 Å². The Balaban J connectivity index is 2.18. The molecule has 0 spiro atoms. The number of nitrogens with one attached hydrogen (secondary N) is 1. The molecule has 1 amide bonds. The van der Waals surface area contributed by atoms with Crippen LogP contribution < -0.4 is 10.2 Å². The molecule has 0 bridgehead atoms. The fourth-order valence-electron chi connectivity index (χ4n) is 1.98. The molecule has 1 fully saturated rings. The second-order valence-electron chi connectivity index (χ2n) is 4.41. The highest BCUT2D eigenvalue weighted by Crippen LogP contribution is 2.27. The predicted octanol–water partition coefficient (Wildman–Crippen LogP) is 1.76. The minimum absolute atomic E-state index is 0.320. The fraction of sp³-hybridized carbons (Fsp3) is 0.417. The van der Waals surface area contributed by atoms with Gasteiger partial charge in [0.15, 0.2) is 0 Å². The van der Waals surface area contributed by atoms with Crippen LogP contribution in [0.1, 0.15) is 6.92 Å². The molecule has 4 nitrogen and oxygen atoms in total. The van der Waals surface area contributed by atoms with E-state index in [2.05, 4.69) is 5.32 Å². The van der Waals surface area contributed by atoms with Crippen LogP contribution in [0.2, 0.25) is 0 Å². The molecule has 1 aliphatic rings. The van der Waals surface area contributed by atoms with Crippen LogP contribution in [-0.2, 0) is 4.74 Å². The molecule has 1 atom stereocenters. The van der Waals surface area contributed by atoms with Crippen LogP contribution in [0.15, 0.2) is 24.3 Å². The van der Waals surface area contributed by atoms with Crippen molar-refractivity contribution in [2.75, 3.05) is 25.0 Å². The van der Waals surface area contributed by atoms with Gasteiger partial charge in [-0.1, -0.05) is 0 Å². The third-order valence-electron chi connectivity index (χ3n) is 2.74. The van der Waals surface area contributed by atoms with Gasteiger partial charge in [0.05, 0.1) is 6.54 Å². The number of hydrogen-bond donors (Lipinski definition) is 1. The highest BCUT2D eigenvalue weighted by Gasteiger charge is 2.41. The Morgan fingerprint density at radius 2 is 2.12 bits per heavy atom. The average Bonchev–Trinajstić information content (AvgIpc) is 2.56. The van der Waals surface area contributed by atoms with Gasteiger partial charge in [-0.15, -0.1) is 0 Å². The maximum absolute atomic E-state index is 12.8. The summed E-state index contributed by atoms with van der Waals surface area (Å²) in [7, 11) is 1.81. The van der Waals surface area contributed by atoms with Crippen LogP contribution in [0.25, 0.3) is 0 Å². The first-order valence-corrected chi connectivity index (χ1v) is 5.45. The molecule has 1 heterocycles. The third-order valence-corrected chi connectivity index (χ3v) is 2.74. The number of carbonyl (C=O) groups is 1. The van der Waals surface area contributed by atoms with Crippen molar-refractivity contribution in [2.45, 2.75) is 12.5 Å². The Morgan fingerprint density at radius 1 is 1.47 bits per heavy atom. The molecule has 92 valence electrons. The zero-order chi connectivity index (χ0) is 12.5. The van der Waals surface area contributed by atoms with Crippen molar-refractivity contribution in [3.05, 3.63) is 30.1 Å². The number of anilines is 1. The summed E-state index contributed by atoms with van der Waals surface area (Å²) in [5, 5.41) is 2.99. The van der Waals surface area contributed by atoms with E-state index in [4.69, 9.17) is 4.74 Å². The normalized spacial score (nSPS) is 23.9. The molecule has 1 aromatic rings. The standard InChI is InChI=1S/C12H15FN2O2/c1-12(7-14-2)8-15(11(16)17-12)10-5-3-9(13)4-6-10/h3-6,14H,7-8H2,1-2H3. The summed E-state index contributed by atoms with van der Waals surface area (Å²) < 4.78 is 18.1. The Bertz CT molecular complexity index is 421. The van der Waals surface area contributed by atoms with Crippen LogP contribution in [0.3, 0.4) is 0 Å². The van der Waals surface area contributed by atoms with Crippen molar-refractivity contribution < 1.29 is 13.9 Å². The maximum Gasteiger partial charge on any atom is 0.415 e. The topological polar surface area (TPSA) is 41.6 Å². The zero-order valence-corrected chi connectivity index (χ0v) is 9.87. The molecule has 5 heteroatoms. The molecule has 0 saturated carbocycles. The number of carbonyl (C=O) groups excluding carboxylic acids is 1. The number of cyclic esters (lactones) is 1. The Kier molecular flexibility index (Phi) is 3.02. The molecule has 1 aromatic carbocycles. The van der Waals surface area contributed by atoms with Crippen LogP contribution >= 0.6 is 0 Å². The number of amides is 1. The molecular weight excluding hydrogens is 223 g/mol. The number of nitrogens with zero attached hydrogens (tertiary/aromatic N) is 1. The lowest BCUT2D eigenvalue weighted by Gasteiger charge is -2.20. The van der Waals surface area contributed by atoms with Gasteiger partial charge >= 0.3 is 6.09 Å². The molecule has 17 heavy (non-hydrogen) atoms. The van der Waals surface area contributed by atoms with Crippen molar-refractivity contribution in [1.29, 1.82) is 0 Å². The Hall–Kier alpha value is -1.62. The van der Waals surface area contributed by atoms with Gasteiger partial charge in [-0.25, -0.2) is 9.18 Å². The van der Waals surface area contributed by atoms with Gasteiger partial charge in [-0.05, 0) is 38.2 Å². The molecule has 0 aliphatic carbocycles. The SMILES string of the molecule is CNCC1(C)CN(c2ccc(F)cc2)C(=O)O1. The van der Waals surface area contributed by atoms with Crippen molar-refractivity contribution in [3.63, 3.8) is 0 Å². The predicted molar refractivity (Wildman–Crippen MR) is 62.6 cm³/mol. The van der Waals surface area contributed by atoms with Gasteiger partial charge < -0.3 is 10.1 Å². The van der Waals surface area contributed by atoms with Gasteiger partial charge in [-0.2, -0.15) is 0 Å². The molecule has 1 saturated heterocycles. The molecule has 1 unspecified atom stereocenters. The van der Waals surface area contributed by atoms with E-state index in [0.717, 1.165) is 0 Å². The van der Waals surface area contributed by atoms with E-state index in [0.29, 0.717) is 18.8 Å². The minimum atomic E-state index is -0.541. The van der Waals surface area contributed by atoms with E-state index in [1.165, 1.54) is 17.0 Å². The van der Waals surface area contributed by atoms with E-state index in [1.807, 2.05) is 6.92 Å². The summed E-state index contributed by atoms with van der Waals surface area (Å²) in [4.78, 5) is 13.2. The van der Waals surface area contributed by atoms with Crippen molar-refractivity contribution in [1.82, 2.24) is 5.32 Å². The smallest absolute Gasteiger partial charge is 0.415 e. The molecular formula is C12H15FN2O2. The number of rotatable bonds is 3. The lowest BCUT2D eigenvalue weighted by atomic mass is 10.1. The molecule has 0 radical (unpaired) electrons.